The van der Waals surface area contributed by atoms with Crippen LogP contribution in [-0.2, 0) is 14.8 Å². The average molecular weight is 258 g/mol. The Labute approximate surface area is 102 Å². The van der Waals surface area contributed by atoms with Crippen molar-refractivity contribution in [1.29, 1.82) is 0 Å². The molecule has 1 spiro atoms. The SMILES string of the molecule is O=C1CC2(CCN(S(=O)(=O)C3CC3)CC2)CN1. The van der Waals surface area contributed by atoms with E-state index in [1.807, 2.05) is 0 Å². The molecule has 2 saturated heterocycles. The minimum atomic E-state index is -3.02. The van der Waals surface area contributed by atoms with E-state index < -0.39 is 10.0 Å². The Morgan fingerprint density at radius 1 is 1.24 bits per heavy atom. The van der Waals surface area contributed by atoms with Crippen molar-refractivity contribution in [2.24, 2.45) is 5.41 Å². The van der Waals surface area contributed by atoms with Gasteiger partial charge in [0, 0.05) is 26.1 Å². The number of amides is 1. The van der Waals surface area contributed by atoms with Crippen molar-refractivity contribution in [2.75, 3.05) is 19.6 Å². The molecule has 96 valence electrons. The zero-order chi connectivity index (χ0) is 12.1. The van der Waals surface area contributed by atoms with E-state index in [9.17, 15) is 13.2 Å². The topological polar surface area (TPSA) is 66.5 Å². The van der Waals surface area contributed by atoms with Crippen LogP contribution >= 0.6 is 0 Å². The van der Waals surface area contributed by atoms with Crippen LogP contribution < -0.4 is 5.32 Å². The number of piperidine rings is 1. The van der Waals surface area contributed by atoms with Gasteiger partial charge in [-0.15, -0.1) is 0 Å². The summed E-state index contributed by atoms with van der Waals surface area (Å²) in [5.74, 6) is 0.114. The van der Waals surface area contributed by atoms with E-state index >= 15 is 0 Å². The first kappa shape index (κ1) is 11.5. The summed E-state index contributed by atoms with van der Waals surface area (Å²) in [4.78, 5) is 11.3. The van der Waals surface area contributed by atoms with Gasteiger partial charge in [0.25, 0.3) is 0 Å². The number of carbonyl (C=O) groups is 1. The van der Waals surface area contributed by atoms with Crippen LogP contribution in [0.1, 0.15) is 32.1 Å². The van der Waals surface area contributed by atoms with Crippen LogP contribution in [0.4, 0.5) is 0 Å². The number of sulfonamides is 1. The first-order chi connectivity index (χ1) is 8.02. The summed E-state index contributed by atoms with van der Waals surface area (Å²) in [6, 6.07) is 0. The Morgan fingerprint density at radius 3 is 2.35 bits per heavy atom. The molecule has 0 aromatic carbocycles. The standard InChI is InChI=1S/C11H18N2O3S/c14-10-7-11(8-12-10)3-5-13(6-4-11)17(15,16)9-1-2-9/h9H,1-8H2,(H,12,14). The fourth-order valence-corrected chi connectivity index (χ4v) is 4.74. The highest BCUT2D eigenvalue weighted by Crippen LogP contribution is 2.40. The first-order valence-electron chi connectivity index (χ1n) is 6.28. The van der Waals surface area contributed by atoms with Crippen LogP contribution in [0.5, 0.6) is 0 Å². The maximum absolute atomic E-state index is 12.1. The van der Waals surface area contributed by atoms with Crippen molar-refractivity contribution < 1.29 is 13.2 Å². The van der Waals surface area contributed by atoms with E-state index in [1.165, 1.54) is 0 Å². The summed E-state index contributed by atoms with van der Waals surface area (Å²) in [7, 11) is -3.02. The molecular weight excluding hydrogens is 240 g/mol. The van der Waals surface area contributed by atoms with E-state index in [0.717, 1.165) is 32.2 Å². The number of hydrogen-bond acceptors (Lipinski definition) is 3. The molecule has 2 heterocycles. The summed E-state index contributed by atoms with van der Waals surface area (Å²) >= 11 is 0. The predicted molar refractivity (Wildman–Crippen MR) is 62.8 cm³/mol. The summed E-state index contributed by atoms with van der Waals surface area (Å²) in [5, 5.41) is 2.75. The molecule has 0 unspecified atom stereocenters. The van der Waals surface area contributed by atoms with Crippen LogP contribution in [0, 0.1) is 5.41 Å². The smallest absolute Gasteiger partial charge is 0.220 e. The molecule has 5 nitrogen and oxygen atoms in total. The molecule has 0 radical (unpaired) electrons. The molecule has 3 fully saturated rings. The molecular formula is C11H18N2O3S. The van der Waals surface area contributed by atoms with Gasteiger partial charge in [-0.25, -0.2) is 12.7 Å². The second-order valence-corrected chi connectivity index (χ2v) is 7.81. The van der Waals surface area contributed by atoms with Gasteiger partial charge in [0.1, 0.15) is 0 Å². The molecule has 3 aliphatic rings. The molecule has 1 N–H and O–H groups in total. The van der Waals surface area contributed by atoms with E-state index in [4.69, 9.17) is 0 Å². The second kappa shape index (κ2) is 3.68. The lowest BCUT2D eigenvalue weighted by Gasteiger charge is -2.37. The summed E-state index contributed by atoms with van der Waals surface area (Å²) in [6.07, 6.45) is 3.85. The fourth-order valence-electron chi connectivity index (χ4n) is 2.90. The van der Waals surface area contributed by atoms with Gasteiger partial charge in [-0.05, 0) is 31.1 Å². The van der Waals surface area contributed by atoms with Crippen LogP contribution in [0.3, 0.4) is 0 Å². The Kier molecular flexibility index (Phi) is 2.49. The lowest BCUT2D eigenvalue weighted by molar-refractivity contribution is -0.119. The Balaban J connectivity index is 1.66. The second-order valence-electron chi connectivity index (χ2n) is 5.60. The van der Waals surface area contributed by atoms with Crippen molar-refractivity contribution in [2.45, 2.75) is 37.4 Å². The number of rotatable bonds is 2. The highest BCUT2D eigenvalue weighted by atomic mass is 32.2. The molecule has 0 atom stereocenters. The van der Waals surface area contributed by atoms with Crippen LogP contribution in [0.25, 0.3) is 0 Å². The zero-order valence-corrected chi connectivity index (χ0v) is 10.6. The monoisotopic (exact) mass is 258 g/mol. The average Bonchev–Trinajstić information content (AvgIpc) is 3.07. The molecule has 1 saturated carbocycles. The highest BCUT2D eigenvalue weighted by molar-refractivity contribution is 7.90. The van der Waals surface area contributed by atoms with E-state index in [2.05, 4.69) is 5.32 Å². The van der Waals surface area contributed by atoms with Gasteiger partial charge >= 0.3 is 0 Å². The van der Waals surface area contributed by atoms with E-state index in [0.29, 0.717) is 19.5 Å². The highest BCUT2D eigenvalue weighted by Gasteiger charge is 2.46. The number of carbonyl (C=O) groups excluding carboxylic acids is 1. The van der Waals surface area contributed by atoms with E-state index in [-0.39, 0.29) is 16.6 Å². The third-order valence-corrected chi connectivity index (χ3v) is 6.68. The maximum atomic E-state index is 12.1. The van der Waals surface area contributed by atoms with Gasteiger partial charge in [0.05, 0.1) is 5.25 Å². The van der Waals surface area contributed by atoms with Gasteiger partial charge in [-0.2, -0.15) is 0 Å². The molecule has 6 heteroatoms. The Hall–Kier alpha value is -0.620. The number of nitrogens with zero attached hydrogens (tertiary/aromatic N) is 1. The minimum Gasteiger partial charge on any atom is -0.356 e. The summed E-state index contributed by atoms with van der Waals surface area (Å²) in [5.41, 5.74) is 0.0344. The van der Waals surface area contributed by atoms with Gasteiger partial charge in [0.15, 0.2) is 0 Å². The third kappa shape index (κ3) is 1.97. The summed E-state index contributed by atoms with van der Waals surface area (Å²) in [6.45, 7) is 1.91. The lowest BCUT2D eigenvalue weighted by atomic mass is 9.78. The molecule has 2 aliphatic heterocycles. The van der Waals surface area contributed by atoms with Crippen LogP contribution in [0.2, 0.25) is 0 Å². The first-order valence-corrected chi connectivity index (χ1v) is 7.78. The van der Waals surface area contributed by atoms with Crippen molar-refractivity contribution >= 4 is 15.9 Å². The summed E-state index contributed by atoms with van der Waals surface area (Å²) < 4.78 is 25.8. The quantitative estimate of drug-likeness (QED) is 0.763. The predicted octanol–water partition coefficient (Wildman–Crippen LogP) is 0.0807. The van der Waals surface area contributed by atoms with Crippen LogP contribution in [-0.4, -0.2) is 43.5 Å². The number of hydrogen-bond donors (Lipinski definition) is 1. The van der Waals surface area contributed by atoms with Gasteiger partial charge in [-0.3, -0.25) is 4.79 Å². The Bertz CT molecular complexity index is 434. The lowest BCUT2D eigenvalue weighted by Crippen LogP contribution is -2.45. The molecule has 1 amide bonds. The van der Waals surface area contributed by atoms with Crippen molar-refractivity contribution in [3.05, 3.63) is 0 Å². The Morgan fingerprint density at radius 2 is 1.88 bits per heavy atom. The fraction of sp³-hybridized carbons (Fsp3) is 0.909. The molecule has 0 bridgehead atoms. The maximum Gasteiger partial charge on any atom is 0.220 e. The minimum absolute atomic E-state index is 0.0344. The zero-order valence-electron chi connectivity index (χ0n) is 9.81. The molecule has 1 aliphatic carbocycles. The van der Waals surface area contributed by atoms with Crippen molar-refractivity contribution in [1.82, 2.24) is 9.62 Å². The molecule has 0 aromatic rings. The van der Waals surface area contributed by atoms with Crippen LogP contribution in [0.15, 0.2) is 0 Å². The third-order valence-electron chi connectivity index (χ3n) is 4.28. The van der Waals surface area contributed by atoms with Gasteiger partial charge in [-0.1, -0.05) is 0 Å². The van der Waals surface area contributed by atoms with E-state index in [1.54, 1.807) is 4.31 Å². The van der Waals surface area contributed by atoms with Crippen molar-refractivity contribution in [3.8, 4) is 0 Å². The molecule has 0 aromatic heterocycles. The normalized spacial score (nSPS) is 29.5. The number of nitrogens with one attached hydrogen (secondary N) is 1. The van der Waals surface area contributed by atoms with Crippen molar-refractivity contribution in [3.63, 3.8) is 0 Å². The van der Waals surface area contributed by atoms with Gasteiger partial charge in [0.2, 0.25) is 15.9 Å². The van der Waals surface area contributed by atoms with Gasteiger partial charge < -0.3 is 5.32 Å². The molecule has 17 heavy (non-hydrogen) atoms. The molecule has 3 rings (SSSR count). The largest absolute Gasteiger partial charge is 0.356 e.